The zero-order valence-corrected chi connectivity index (χ0v) is 19.0. The third-order valence-electron chi connectivity index (χ3n) is 6.24. The zero-order chi connectivity index (χ0) is 18.1. The molecule has 2 aromatic carbocycles. The van der Waals surface area contributed by atoms with Crippen LogP contribution in [-0.4, -0.2) is 0 Å². The average molecular weight is 432 g/mol. The van der Waals surface area contributed by atoms with E-state index in [9.17, 15) is 0 Å². The van der Waals surface area contributed by atoms with Crippen LogP contribution in [0.4, 0.5) is 0 Å². The van der Waals surface area contributed by atoms with Gasteiger partial charge in [-0.05, 0) is 54.4 Å². The molecule has 0 saturated heterocycles. The maximum atomic E-state index is 2.50. The number of benzene rings is 2. The van der Waals surface area contributed by atoms with Gasteiger partial charge >= 0.3 is 0 Å². The predicted molar refractivity (Wildman–Crippen MR) is 112 cm³/mol. The molecule has 1 unspecified atom stereocenters. The fraction of sp³-hybridized carbons (Fsp3) is 0.308. The van der Waals surface area contributed by atoms with E-state index < -0.39 is 0 Å². The van der Waals surface area contributed by atoms with Crippen LogP contribution in [0.1, 0.15) is 50.7 Å². The Kier molecular flexibility index (Phi) is 6.22. The second-order valence-electron chi connectivity index (χ2n) is 8.23. The molecular weight excluding hydrogens is 404 g/mol. The Labute approximate surface area is 183 Å². The molecule has 0 aromatic heterocycles. The average Bonchev–Trinajstić information content (AvgIpc) is 3.28. The van der Waals surface area contributed by atoms with E-state index in [4.69, 9.17) is 0 Å². The molecule has 1 heteroatoms. The standard InChI is InChI=1S/C26H28.Zr/c1-19(2)11-10-18-26(3,20-12-4-5-13-20)25-23-16-8-6-14-21(23)22-15-7-9-17-24(22)25;/h4-9,11-17,20,25H,10,18H2,1-3H3;. The molecule has 1 atom stereocenters. The van der Waals surface area contributed by atoms with Crippen LogP contribution in [0.3, 0.4) is 0 Å². The molecule has 0 fully saturated rings. The topological polar surface area (TPSA) is 0 Å². The summed E-state index contributed by atoms with van der Waals surface area (Å²) in [6.45, 7) is 6.90. The van der Waals surface area contributed by atoms with Crippen molar-refractivity contribution in [3.63, 3.8) is 0 Å². The zero-order valence-electron chi connectivity index (χ0n) is 16.6. The van der Waals surface area contributed by atoms with E-state index in [0.717, 1.165) is 6.42 Å². The van der Waals surface area contributed by atoms with Gasteiger partial charge in [0.25, 0.3) is 0 Å². The second-order valence-corrected chi connectivity index (χ2v) is 8.23. The van der Waals surface area contributed by atoms with Crippen LogP contribution in [0.25, 0.3) is 11.1 Å². The van der Waals surface area contributed by atoms with E-state index in [1.54, 1.807) is 0 Å². The van der Waals surface area contributed by atoms with Gasteiger partial charge in [-0.15, -0.1) is 0 Å². The van der Waals surface area contributed by atoms with Gasteiger partial charge < -0.3 is 0 Å². The van der Waals surface area contributed by atoms with Crippen LogP contribution < -0.4 is 0 Å². The summed E-state index contributed by atoms with van der Waals surface area (Å²) in [7, 11) is 0. The van der Waals surface area contributed by atoms with Crippen molar-refractivity contribution in [3.05, 3.63) is 95.6 Å². The van der Waals surface area contributed by atoms with Gasteiger partial charge in [-0.1, -0.05) is 91.4 Å². The summed E-state index contributed by atoms with van der Waals surface area (Å²) in [6, 6.07) is 18.0. The van der Waals surface area contributed by atoms with Crippen LogP contribution in [-0.2, 0) is 26.2 Å². The molecular formula is C26H28Zr. The molecule has 136 valence electrons. The van der Waals surface area contributed by atoms with Gasteiger partial charge in [-0.25, -0.2) is 0 Å². The van der Waals surface area contributed by atoms with Crippen molar-refractivity contribution in [2.24, 2.45) is 11.3 Å². The number of allylic oxidation sites excluding steroid dienone is 6. The van der Waals surface area contributed by atoms with E-state index >= 15 is 0 Å². The van der Waals surface area contributed by atoms with Gasteiger partial charge in [0.1, 0.15) is 0 Å². The molecule has 0 saturated carbocycles. The van der Waals surface area contributed by atoms with Crippen molar-refractivity contribution in [2.45, 2.75) is 39.5 Å². The van der Waals surface area contributed by atoms with Crippen LogP contribution in [0.15, 0.2) is 84.5 Å². The third kappa shape index (κ3) is 3.64. The van der Waals surface area contributed by atoms with Crippen molar-refractivity contribution in [3.8, 4) is 11.1 Å². The summed E-state index contributed by atoms with van der Waals surface area (Å²) in [5.41, 5.74) is 7.43. The van der Waals surface area contributed by atoms with Crippen molar-refractivity contribution in [1.29, 1.82) is 0 Å². The molecule has 0 radical (unpaired) electrons. The Balaban J connectivity index is 0.00000210. The maximum Gasteiger partial charge on any atom is 0.0164 e. The Morgan fingerprint density at radius 2 is 1.41 bits per heavy atom. The number of hydrogen-bond acceptors (Lipinski definition) is 0. The summed E-state index contributed by atoms with van der Waals surface area (Å²) in [5.74, 6) is 0.926. The third-order valence-corrected chi connectivity index (χ3v) is 6.24. The molecule has 27 heavy (non-hydrogen) atoms. The minimum absolute atomic E-state index is 0. The first-order chi connectivity index (χ1) is 12.6. The molecule has 0 aliphatic heterocycles. The molecule has 0 nitrogen and oxygen atoms in total. The second kappa shape index (κ2) is 8.28. The summed E-state index contributed by atoms with van der Waals surface area (Å²) >= 11 is 0. The smallest absolute Gasteiger partial charge is 0.0164 e. The normalized spacial score (nSPS) is 17.1. The minimum Gasteiger partial charge on any atom is -0.0859 e. The van der Waals surface area contributed by atoms with Gasteiger partial charge in [-0.2, -0.15) is 0 Å². The minimum atomic E-state index is 0. The molecule has 0 amide bonds. The van der Waals surface area contributed by atoms with Gasteiger partial charge in [0.2, 0.25) is 0 Å². The number of fused-ring (bicyclic) bond motifs is 3. The van der Waals surface area contributed by atoms with Crippen molar-refractivity contribution in [1.82, 2.24) is 0 Å². The van der Waals surface area contributed by atoms with E-state index in [0.29, 0.717) is 11.8 Å². The van der Waals surface area contributed by atoms with Crippen LogP contribution in [0, 0.1) is 11.3 Å². The molecule has 0 bridgehead atoms. The fourth-order valence-electron chi connectivity index (χ4n) is 4.91. The van der Waals surface area contributed by atoms with Crippen LogP contribution in [0.5, 0.6) is 0 Å². The SMILES string of the molecule is CC(C)=CCCC(C)(C1C=CC=C1)C1c2ccccc2-c2ccccc21.[Zr]. The van der Waals surface area contributed by atoms with Crippen LogP contribution in [0.2, 0.25) is 0 Å². The summed E-state index contributed by atoms with van der Waals surface area (Å²) in [6.07, 6.45) is 13.9. The first-order valence-electron chi connectivity index (χ1n) is 9.78. The Morgan fingerprint density at radius 3 is 1.93 bits per heavy atom. The molecule has 2 aliphatic rings. The van der Waals surface area contributed by atoms with E-state index in [-0.39, 0.29) is 31.6 Å². The maximum absolute atomic E-state index is 2.50. The Morgan fingerprint density at radius 1 is 0.889 bits per heavy atom. The van der Waals surface area contributed by atoms with Crippen LogP contribution >= 0.6 is 0 Å². The number of rotatable bonds is 5. The molecule has 0 heterocycles. The largest absolute Gasteiger partial charge is 0.0859 e. The first-order valence-corrected chi connectivity index (χ1v) is 9.78. The van der Waals surface area contributed by atoms with E-state index in [1.807, 2.05) is 0 Å². The van der Waals surface area contributed by atoms with Crippen molar-refractivity contribution >= 4 is 0 Å². The molecule has 4 rings (SSSR count). The summed E-state index contributed by atoms with van der Waals surface area (Å²) < 4.78 is 0. The monoisotopic (exact) mass is 430 g/mol. The van der Waals surface area contributed by atoms with Gasteiger partial charge in [0.15, 0.2) is 0 Å². The molecule has 0 spiro atoms. The molecule has 0 N–H and O–H groups in total. The van der Waals surface area contributed by atoms with Crippen molar-refractivity contribution < 1.29 is 26.2 Å². The van der Waals surface area contributed by atoms with Crippen molar-refractivity contribution in [2.75, 3.05) is 0 Å². The van der Waals surface area contributed by atoms with E-state index in [2.05, 4.69) is 99.7 Å². The Bertz CT molecular complexity index is 840. The van der Waals surface area contributed by atoms with Gasteiger partial charge in [0.05, 0.1) is 0 Å². The first kappa shape index (κ1) is 20.3. The number of hydrogen-bond donors (Lipinski definition) is 0. The molecule has 2 aromatic rings. The Hall–Kier alpha value is -1.46. The quantitative estimate of drug-likeness (QED) is 0.436. The summed E-state index contributed by atoms with van der Waals surface area (Å²) in [4.78, 5) is 0. The summed E-state index contributed by atoms with van der Waals surface area (Å²) in [5, 5.41) is 0. The van der Waals surface area contributed by atoms with Gasteiger partial charge in [0, 0.05) is 38.0 Å². The van der Waals surface area contributed by atoms with Gasteiger partial charge in [-0.3, -0.25) is 0 Å². The molecule has 2 aliphatic carbocycles. The predicted octanol–water partition coefficient (Wildman–Crippen LogP) is 7.29. The fourth-order valence-corrected chi connectivity index (χ4v) is 4.91. The van der Waals surface area contributed by atoms with E-state index in [1.165, 1.54) is 34.2 Å².